The molecule has 204 valence electrons. The van der Waals surface area contributed by atoms with Crippen LogP contribution in [0.15, 0.2) is 42.6 Å². The van der Waals surface area contributed by atoms with Crippen molar-refractivity contribution in [2.45, 2.75) is 38.5 Å². The maximum atomic E-state index is 13.8. The van der Waals surface area contributed by atoms with Crippen LogP contribution in [0.4, 0.5) is 18.9 Å². The number of hydrogen-bond donors (Lipinski definition) is 3. The maximum absolute atomic E-state index is 13.8. The van der Waals surface area contributed by atoms with Crippen molar-refractivity contribution < 1.29 is 32.9 Å². The Morgan fingerprint density at radius 1 is 1.18 bits per heavy atom. The van der Waals surface area contributed by atoms with Gasteiger partial charge in [0.05, 0.1) is 24.1 Å². The molecule has 3 aromatic rings. The van der Waals surface area contributed by atoms with Crippen LogP contribution in [-0.4, -0.2) is 59.4 Å². The number of hydrogen-bond acceptors (Lipinski definition) is 6. The quantitative estimate of drug-likeness (QED) is 0.318. The number of fused-ring (bicyclic) bond motifs is 1. The van der Waals surface area contributed by atoms with Crippen molar-refractivity contribution in [3.8, 4) is 5.75 Å². The molecule has 1 aliphatic rings. The number of ether oxygens (including phenoxy) is 1. The van der Waals surface area contributed by atoms with E-state index >= 15 is 0 Å². The first-order chi connectivity index (χ1) is 18.2. The van der Waals surface area contributed by atoms with E-state index in [0.717, 1.165) is 6.07 Å². The number of alkyl halides is 1. The van der Waals surface area contributed by atoms with Gasteiger partial charge in [0.25, 0.3) is 0 Å². The summed E-state index contributed by atoms with van der Waals surface area (Å²) >= 11 is 0. The summed E-state index contributed by atoms with van der Waals surface area (Å²) < 4.78 is 45.8. The van der Waals surface area contributed by atoms with E-state index in [1.807, 2.05) is 0 Å². The van der Waals surface area contributed by atoms with E-state index < -0.39 is 35.8 Å². The number of carboxylic acid groups (broad SMARTS) is 1. The molecular weight excluding hydrogens is 499 g/mol. The van der Waals surface area contributed by atoms with Gasteiger partial charge >= 0.3 is 5.97 Å². The van der Waals surface area contributed by atoms with Crippen LogP contribution in [-0.2, 0) is 11.5 Å². The van der Waals surface area contributed by atoms with E-state index in [-0.39, 0.29) is 18.4 Å². The molecule has 10 heteroatoms. The predicted octanol–water partition coefficient (Wildman–Crippen LogP) is 5.08. The number of aromatic nitrogens is 1. The number of aliphatic hydroxyl groups is 1. The van der Waals surface area contributed by atoms with E-state index in [4.69, 9.17) is 4.74 Å². The Bertz CT molecular complexity index is 1260. The minimum Gasteiger partial charge on any atom is -0.497 e. The molecule has 4 rings (SSSR count). The Hall–Kier alpha value is -3.37. The summed E-state index contributed by atoms with van der Waals surface area (Å²) in [5, 5.41) is 24.8. The van der Waals surface area contributed by atoms with Crippen molar-refractivity contribution in [3.05, 3.63) is 65.4 Å². The highest BCUT2D eigenvalue weighted by Crippen LogP contribution is 2.40. The Morgan fingerprint density at radius 2 is 1.89 bits per heavy atom. The summed E-state index contributed by atoms with van der Waals surface area (Å²) in [7, 11) is 1.52. The Kier molecular flexibility index (Phi) is 8.73. The molecule has 0 saturated carbocycles. The smallest absolute Gasteiger partial charge is 0.309 e. The van der Waals surface area contributed by atoms with Crippen LogP contribution in [0.3, 0.4) is 0 Å². The molecule has 0 bridgehead atoms. The summed E-state index contributed by atoms with van der Waals surface area (Å²) in [6.07, 6.45) is 1.52. The van der Waals surface area contributed by atoms with Gasteiger partial charge in [-0.3, -0.25) is 9.78 Å². The molecule has 0 aliphatic carbocycles. The van der Waals surface area contributed by atoms with Crippen LogP contribution in [0.2, 0.25) is 0 Å². The van der Waals surface area contributed by atoms with Gasteiger partial charge in [-0.15, -0.1) is 0 Å². The van der Waals surface area contributed by atoms with E-state index in [9.17, 15) is 28.2 Å². The van der Waals surface area contributed by atoms with Crippen LogP contribution in [0.1, 0.15) is 42.9 Å². The number of rotatable bonds is 11. The maximum Gasteiger partial charge on any atom is 0.309 e. The first kappa shape index (κ1) is 27.7. The van der Waals surface area contributed by atoms with Crippen molar-refractivity contribution >= 4 is 22.6 Å². The number of aliphatic carboxylic acids is 1. The number of likely N-dealkylation sites (tertiary alicyclic amines) is 1. The molecule has 1 saturated heterocycles. The Balaban J connectivity index is 1.39. The minimum atomic E-state index is -1.07. The first-order valence-corrected chi connectivity index (χ1v) is 12.6. The van der Waals surface area contributed by atoms with Gasteiger partial charge in [0.2, 0.25) is 0 Å². The first-order valence-electron chi connectivity index (χ1n) is 12.6. The lowest BCUT2D eigenvalue weighted by Crippen LogP contribution is -2.45. The molecule has 0 radical (unpaired) electrons. The molecule has 7 nitrogen and oxygen atoms in total. The van der Waals surface area contributed by atoms with Crippen LogP contribution in [0.25, 0.3) is 10.9 Å². The van der Waals surface area contributed by atoms with Gasteiger partial charge < -0.3 is 25.2 Å². The molecule has 1 aliphatic heterocycles. The number of carboxylic acids is 1. The van der Waals surface area contributed by atoms with Gasteiger partial charge in [0.15, 0.2) is 0 Å². The van der Waals surface area contributed by atoms with Gasteiger partial charge in [-0.1, -0.05) is 0 Å². The lowest BCUT2D eigenvalue weighted by Gasteiger charge is -2.39. The number of methoxy groups -OCH3 is 1. The van der Waals surface area contributed by atoms with Crippen molar-refractivity contribution in [2.24, 2.45) is 5.41 Å². The highest BCUT2D eigenvalue weighted by atomic mass is 19.1. The number of piperidine rings is 1. The van der Waals surface area contributed by atoms with Crippen LogP contribution < -0.4 is 10.1 Å². The second-order valence-corrected chi connectivity index (χ2v) is 9.78. The van der Waals surface area contributed by atoms with Crippen LogP contribution >= 0.6 is 0 Å². The SMILES string of the molecule is COc1ccc2ncc(CF)c(C(O)CCC3(C(=O)O)CCN(CCNc4cc(F)cc(F)c4)CC3)c2c1. The molecule has 1 atom stereocenters. The van der Waals surface area contributed by atoms with E-state index in [1.165, 1.54) is 25.4 Å². The molecule has 2 aromatic carbocycles. The van der Waals surface area contributed by atoms with Crippen molar-refractivity contribution in [2.75, 3.05) is 38.6 Å². The molecule has 1 unspecified atom stereocenters. The summed E-state index contributed by atoms with van der Waals surface area (Å²) in [5.41, 5.74) is 0.611. The van der Waals surface area contributed by atoms with Gasteiger partial charge in [-0.2, -0.15) is 0 Å². The average Bonchev–Trinajstić information content (AvgIpc) is 2.90. The van der Waals surface area contributed by atoms with Gasteiger partial charge in [0.1, 0.15) is 24.1 Å². The molecule has 1 fully saturated rings. The van der Waals surface area contributed by atoms with Crippen LogP contribution in [0, 0.1) is 17.0 Å². The zero-order valence-electron chi connectivity index (χ0n) is 21.2. The number of aliphatic hydroxyl groups excluding tert-OH is 1. The number of nitrogens with zero attached hydrogens (tertiary/aromatic N) is 2. The molecule has 2 heterocycles. The van der Waals surface area contributed by atoms with Gasteiger partial charge in [-0.05, 0) is 74.7 Å². The summed E-state index contributed by atoms with van der Waals surface area (Å²) in [6.45, 7) is 1.30. The average molecular weight is 532 g/mol. The molecular formula is C28H32F3N3O4. The van der Waals surface area contributed by atoms with Gasteiger partial charge in [0, 0.05) is 42.0 Å². The van der Waals surface area contributed by atoms with Crippen molar-refractivity contribution in [3.63, 3.8) is 0 Å². The standard InChI is InChI=1S/C28H32F3N3O4/c1-38-22-2-3-24-23(15-22)26(18(16-29)17-33-24)25(35)4-5-28(27(36)37)6-9-34(10-7-28)11-8-32-21-13-19(30)12-20(31)14-21/h2-3,12-15,17,25,32,35H,4-11,16H2,1H3,(H,36,37). The summed E-state index contributed by atoms with van der Waals surface area (Å²) in [6, 6.07) is 8.43. The van der Waals surface area contributed by atoms with E-state index in [0.29, 0.717) is 66.9 Å². The normalized spacial score (nSPS) is 16.3. The number of carbonyl (C=O) groups is 1. The summed E-state index contributed by atoms with van der Waals surface area (Å²) in [4.78, 5) is 18.7. The monoisotopic (exact) mass is 531 g/mol. The fourth-order valence-corrected chi connectivity index (χ4v) is 5.21. The second-order valence-electron chi connectivity index (χ2n) is 9.78. The Morgan fingerprint density at radius 3 is 2.53 bits per heavy atom. The lowest BCUT2D eigenvalue weighted by molar-refractivity contribution is -0.153. The lowest BCUT2D eigenvalue weighted by atomic mass is 9.74. The number of pyridine rings is 1. The fraction of sp³-hybridized carbons (Fsp3) is 0.429. The van der Waals surface area contributed by atoms with E-state index in [1.54, 1.807) is 18.2 Å². The fourth-order valence-electron chi connectivity index (χ4n) is 5.21. The molecule has 3 N–H and O–H groups in total. The third-order valence-electron chi connectivity index (χ3n) is 7.46. The topological polar surface area (TPSA) is 94.9 Å². The third-order valence-corrected chi connectivity index (χ3v) is 7.46. The van der Waals surface area contributed by atoms with E-state index in [2.05, 4.69) is 15.2 Å². The Labute approximate surface area is 219 Å². The van der Waals surface area contributed by atoms with Gasteiger partial charge in [-0.25, -0.2) is 13.2 Å². The third kappa shape index (κ3) is 6.19. The number of anilines is 1. The highest BCUT2D eigenvalue weighted by Gasteiger charge is 2.41. The molecule has 0 amide bonds. The zero-order chi connectivity index (χ0) is 27.3. The number of benzene rings is 2. The molecule has 1 aromatic heterocycles. The predicted molar refractivity (Wildman–Crippen MR) is 138 cm³/mol. The van der Waals surface area contributed by atoms with Crippen LogP contribution in [0.5, 0.6) is 5.75 Å². The number of halogens is 3. The number of nitrogens with one attached hydrogen (secondary N) is 1. The highest BCUT2D eigenvalue weighted by molar-refractivity contribution is 5.85. The van der Waals surface area contributed by atoms with Crippen molar-refractivity contribution in [1.82, 2.24) is 9.88 Å². The molecule has 38 heavy (non-hydrogen) atoms. The van der Waals surface area contributed by atoms with Crippen molar-refractivity contribution in [1.29, 1.82) is 0 Å². The second kappa shape index (κ2) is 12.0. The largest absolute Gasteiger partial charge is 0.497 e. The summed E-state index contributed by atoms with van der Waals surface area (Å²) in [5.74, 6) is -1.67. The molecule has 0 spiro atoms. The zero-order valence-corrected chi connectivity index (χ0v) is 21.2. The minimum absolute atomic E-state index is 0.155.